The topological polar surface area (TPSA) is 132 Å². The number of imidazole rings is 1. The average molecular weight is 488 g/mol. The van der Waals surface area contributed by atoms with Crippen molar-refractivity contribution in [2.75, 3.05) is 5.73 Å². The quantitative estimate of drug-likeness (QED) is 0.248. The first-order valence-electron chi connectivity index (χ1n) is 10.2. The highest BCUT2D eigenvalue weighted by atomic mass is 32.1. The van der Waals surface area contributed by atoms with Crippen molar-refractivity contribution in [3.8, 4) is 17.5 Å². The molecule has 2 aromatic heterocycles. The van der Waals surface area contributed by atoms with Crippen LogP contribution in [-0.4, -0.2) is 21.4 Å². The first-order chi connectivity index (χ1) is 16.1. The number of aryl methyl sites for hydroxylation is 2. The lowest BCUT2D eigenvalue weighted by Gasteiger charge is -2.20. The van der Waals surface area contributed by atoms with Crippen molar-refractivity contribution < 1.29 is 22.8 Å². The maximum absolute atomic E-state index is 12.9. The Morgan fingerprint density at radius 2 is 2.06 bits per heavy atom. The highest BCUT2D eigenvalue weighted by Gasteiger charge is 2.35. The van der Waals surface area contributed by atoms with Crippen molar-refractivity contribution in [1.29, 1.82) is 5.26 Å². The fourth-order valence-corrected chi connectivity index (χ4v) is 5.02. The minimum absolute atomic E-state index is 0.0860. The number of nitrogens with two attached hydrogens (primary N) is 2. The molecule has 0 bridgehead atoms. The van der Waals surface area contributed by atoms with Gasteiger partial charge < -0.3 is 20.9 Å². The normalized spacial score (nSPS) is 16.1. The number of nitriles is 1. The van der Waals surface area contributed by atoms with E-state index in [1.54, 1.807) is 12.1 Å². The molecule has 3 aromatic rings. The van der Waals surface area contributed by atoms with Gasteiger partial charge in [-0.15, -0.1) is 11.3 Å². The van der Waals surface area contributed by atoms with Gasteiger partial charge >= 0.3 is 12.1 Å². The van der Waals surface area contributed by atoms with Crippen LogP contribution < -0.4 is 11.5 Å². The fourth-order valence-electron chi connectivity index (χ4n) is 3.90. The summed E-state index contributed by atoms with van der Waals surface area (Å²) in [4.78, 5) is 22.3. The van der Waals surface area contributed by atoms with Gasteiger partial charge in [-0.05, 0) is 19.3 Å². The van der Waals surface area contributed by atoms with Gasteiger partial charge in [0.25, 0.3) is 0 Å². The van der Waals surface area contributed by atoms with E-state index in [1.165, 1.54) is 35.1 Å². The molecule has 0 fully saturated rings. The van der Waals surface area contributed by atoms with Gasteiger partial charge in [0, 0.05) is 34.8 Å². The number of carbonyl (C=O) groups is 1. The van der Waals surface area contributed by atoms with E-state index in [4.69, 9.17) is 16.3 Å². The summed E-state index contributed by atoms with van der Waals surface area (Å²) in [5, 5.41) is 13.5. The Morgan fingerprint density at radius 1 is 1.35 bits per heavy atom. The maximum atomic E-state index is 12.9. The van der Waals surface area contributed by atoms with Crippen molar-refractivity contribution >= 4 is 28.1 Å². The standard InChI is InChI=1S/C22H19F3N6O2S/c1-31-10-16(22(23,24)25)29-20(31)12-7-5-11(6-8-12)18(27)30-33-21(32)13-3-2-4-15-17(13)14(9-26)19(28)34-15/h5-8,10,13H,2-4,28H2,1H3,(H2,27,30). The molecule has 8 nitrogen and oxygen atoms in total. The predicted molar refractivity (Wildman–Crippen MR) is 120 cm³/mol. The molecule has 1 unspecified atom stereocenters. The Hall–Kier alpha value is -3.85. The van der Waals surface area contributed by atoms with Crippen LogP contribution >= 0.6 is 11.3 Å². The number of rotatable bonds is 4. The van der Waals surface area contributed by atoms with Crippen molar-refractivity contribution in [1.82, 2.24) is 9.55 Å². The van der Waals surface area contributed by atoms with Crippen LogP contribution in [0.4, 0.5) is 18.2 Å². The van der Waals surface area contributed by atoms with E-state index in [-0.39, 0.29) is 11.7 Å². The lowest BCUT2D eigenvalue weighted by molar-refractivity contribution is -0.146. The van der Waals surface area contributed by atoms with Crippen molar-refractivity contribution in [2.24, 2.45) is 17.9 Å². The van der Waals surface area contributed by atoms with Gasteiger partial charge in [0.1, 0.15) is 16.9 Å². The second-order valence-electron chi connectivity index (χ2n) is 7.76. The Balaban J connectivity index is 1.50. The maximum Gasteiger partial charge on any atom is 0.434 e. The highest BCUT2D eigenvalue weighted by molar-refractivity contribution is 7.16. The number of hydrogen-bond donors (Lipinski definition) is 2. The number of fused-ring (bicyclic) bond motifs is 1. The number of alkyl halides is 3. The summed E-state index contributed by atoms with van der Waals surface area (Å²) in [6.07, 6.45) is -1.63. The van der Waals surface area contributed by atoms with Gasteiger partial charge in [0.05, 0.1) is 11.5 Å². The summed E-state index contributed by atoms with van der Waals surface area (Å²) in [5.74, 6) is -1.24. The highest BCUT2D eigenvalue weighted by Crippen LogP contribution is 2.42. The third-order valence-electron chi connectivity index (χ3n) is 5.53. The molecule has 0 aliphatic heterocycles. The molecule has 12 heteroatoms. The molecule has 176 valence electrons. The number of nitrogen functional groups attached to an aromatic ring is 1. The Labute approximate surface area is 196 Å². The summed E-state index contributed by atoms with van der Waals surface area (Å²) in [7, 11) is 1.47. The van der Waals surface area contributed by atoms with Crippen LogP contribution in [-0.2, 0) is 29.3 Å². The first kappa shape index (κ1) is 23.3. The Kier molecular flexibility index (Phi) is 6.05. The van der Waals surface area contributed by atoms with Crippen LogP contribution in [0.5, 0.6) is 0 Å². The van der Waals surface area contributed by atoms with Crippen LogP contribution in [0, 0.1) is 11.3 Å². The van der Waals surface area contributed by atoms with Crippen LogP contribution in [0.15, 0.2) is 35.6 Å². The van der Waals surface area contributed by atoms with E-state index >= 15 is 0 Å². The summed E-state index contributed by atoms with van der Waals surface area (Å²) < 4.78 is 40.0. The third-order valence-corrected chi connectivity index (χ3v) is 6.62. The number of halogens is 3. The number of oxime groups is 1. The largest absolute Gasteiger partial charge is 0.434 e. The molecule has 1 aliphatic rings. The number of carbonyl (C=O) groups excluding carboxylic acids is 1. The van der Waals surface area contributed by atoms with Crippen molar-refractivity contribution in [2.45, 2.75) is 31.4 Å². The van der Waals surface area contributed by atoms with Crippen LogP contribution in [0.2, 0.25) is 0 Å². The van der Waals surface area contributed by atoms with Gasteiger partial charge in [0.15, 0.2) is 11.5 Å². The SMILES string of the molecule is Cn1cc(C(F)(F)F)nc1-c1ccc(C(N)=NOC(=O)C2CCCc3sc(N)c(C#N)c32)cc1. The molecule has 0 radical (unpaired) electrons. The Morgan fingerprint density at radius 3 is 2.68 bits per heavy atom. The van der Waals surface area contributed by atoms with Crippen LogP contribution in [0.3, 0.4) is 0 Å². The molecular weight excluding hydrogens is 469 g/mol. The molecule has 34 heavy (non-hydrogen) atoms. The second-order valence-corrected chi connectivity index (χ2v) is 8.89. The van der Waals surface area contributed by atoms with E-state index < -0.39 is 23.8 Å². The fraction of sp³-hybridized carbons (Fsp3) is 0.273. The number of aromatic nitrogens is 2. The Bertz CT molecular complexity index is 1320. The van der Waals surface area contributed by atoms with Gasteiger partial charge in [-0.1, -0.05) is 29.4 Å². The van der Waals surface area contributed by atoms with Gasteiger partial charge in [-0.3, -0.25) is 0 Å². The molecule has 2 heterocycles. The molecule has 0 amide bonds. The molecule has 4 N–H and O–H groups in total. The molecule has 1 aliphatic carbocycles. The lowest BCUT2D eigenvalue weighted by Crippen LogP contribution is -2.21. The molecule has 4 rings (SSSR count). The number of benzene rings is 1. The summed E-state index contributed by atoms with van der Waals surface area (Å²) in [6, 6.07) is 8.22. The molecule has 1 atom stereocenters. The lowest BCUT2D eigenvalue weighted by atomic mass is 9.85. The molecule has 1 aromatic carbocycles. The third kappa shape index (κ3) is 4.34. The van der Waals surface area contributed by atoms with Gasteiger partial charge in [-0.25, -0.2) is 9.78 Å². The van der Waals surface area contributed by atoms with Crippen molar-refractivity contribution in [3.05, 3.63) is 57.7 Å². The predicted octanol–water partition coefficient (Wildman–Crippen LogP) is 3.90. The van der Waals surface area contributed by atoms with E-state index in [0.717, 1.165) is 23.9 Å². The molecule has 0 spiro atoms. The zero-order valence-corrected chi connectivity index (χ0v) is 18.7. The second kappa shape index (κ2) is 8.83. The minimum Gasteiger partial charge on any atom is -0.389 e. The van der Waals surface area contributed by atoms with Gasteiger partial charge in [0.2, 0.25) is 0 Å². The number of thiophene rings is 1. The summed E-state index contributed by atoms with van der Waals surface area (Å²) in [5.41, 5.74) is 12.6. The smallest absolute Gasteiger partial charge is 0.389 e. The van der Waals surface area contributed by atoms with E-state index in [0.29, 0.717) is 33.7 Å². The minimum atomic E-state index is -4.54. The molecule has 0 saturated carbocycles. The van der Waals surface area contributed by atoms with Crippen LogP contribution in [0.1, 0.15) is 46.0 Å². The van der Waals surface area contributed by atoms with Gasteiger partial charge in [-0.2, -0.15) is 18.4 Å². The number of anilines is 1. The number of amidine groups is 1. The van der Waals surface area contributed by atoms with E-state index in [9.17, 15) is 23.2 Å². The van der Waals surface area contributed by atoms with Crippen molar-refractivity contribution in [3.63, 3.8) is 0 Å². The first-order valence-corrected chi connectivity index (χ1v) is 11.0. The average Bonchev–Trinajstić information content (AvgIpc) is 3.36. The summed E-state index contributed by atoms with van der Waals surface area (Å²) >= 11 is 1.30. The monoisotopic (exact) mass is 488 g/mol. The number of nitrogens with zero attached hydrogens (tertiary/aromatic N) is 4. The van der Waals surface area contributed by atoms with Crippen LogP contribution in [0.25, 0.3) is 11.4 Å². The number of hydrogen-bond acceptors (Lipinski definition) is 7. The van der Waals surface area contributed by atoms with E-state index in [1.807, 2.05) is 0 Å². The molecule has 0 saturated heterocycles. The molecular formula is C22H19F3N6O2S. The summed E-state index contributed by atoms with van der Waals surface area (Å²) in [6.45, 7) is 0. The zero-order valence-electron chi connectivity index (χ0n) is 17.9. The van der Waals surface area contributed by atoms with E-state index in [2.05, 4.69) is 16.2 Å². The zero-order chi connectivity index (χ0) is 24.6.